The smallest absolute Gasteiger partial charge is 0.290 e. The number of nitrogens with one attached hydrogen (secondary N) is 1. The van der Waals surface area contributed by atoms with Gasteiger partial charge in [0.2, 0.25) is 0 Å². The number of aryl methyl sites for hydroxylation is 1. The van der Waals surface area contributed by atoms with E-state index in [1.54, 1.807) is 36.4 Å². The molecule has 0 spiro atoms. The number of aromatic amines is 1. The summed E-state index contributed by atoms with van der Waals surface area (Å²) in [6.45, 7) is 0.461. The first-order chi connectivity index (χ1) is 8.72. The van der Waals surface area contributed by atoms with Crippen LogP contribution in [0.2, 0.25) is 0 Å². The van der Waals surface area contributed by atoms with Crippen LogP contribution in [-0.2, 0) is 13.6 Å². The van der Waals surface area contributed by atoms with Gasteiger partial charge in [0.25, 0.3) is 5.91 Å². The first kappa shape index (κ1) is 12.3. The molecule has 2 heterocycles. The molecule has 18 heavy (non-hydrogen) atoms. The Hall–Kier alpha value is -2.15. The summed E-state index contributed by atoms with van der Waals surface area (Å²) >= 11 is 0. The second-order valence-electron chi connectivity index (χ2n) is 3.85. The van der Waals surface area contributed by atoms with Crippen LogP contribution >= 0.6 is 0 Å². The molecule has 2 aromatic heterocycles. The number of aliphatic hydroxyl groups excluding tert-OH is 1. The van der Waals surface area contributed by atoms with Crippen LogP contribution in [0.3, 0.4) is 0 Å². The topological polar surface area (TPSA) is 87.0 Å². The molecule has 7 nitrogen and oxygen atoms in total. The molecule has 0 fully saturated rings. The fourth-order valence-corrected chi connectivity index (χ4v) is 1.65. The van der Waals surface area contributed by atoms with E-state index in [-0.39, 0.29) is 19.1 Å². The highest BCUT2D eigenvalue weighted by Gasteiger charge is 2.20. The molecule has 0 saturated heterocycles. The molecule has 0 bridgehead atoms. The number of nitrogens with zero attached hydrogens (tertiary/aromatic N) is 4. The van der Waals surface area contributed by atoms with Crippen LogP contribution < -0.4 is 0 Å². The van der Waals surface area contributed by atoms with Gasteiger partial charge in [-0.2, -0.15) is 0 Å². The number of aliphatic hydroxyl groups is 1. The van der Waals surface area contributed by atoms with Crippen LogP contribution in [-0.4, -0.2) is 48.6 Å². The van der Waals surface area contributed by atoms with Gasteiger partial charge in [0.05, 0.1) is 13.2 Å². The van der Waals surface area contributed by atoms with Crippen molar-refractivity contribution < 1.29 is 9.90 Å². The molecule has 0 aliphatic carbocycles. The number of hydrogen-bond acceptors (Lipinski definition) is 4. The summed E-state index contributed by atoms with van der Waals surface area (Å²) < 4.78 is 1.65. The van der Waals surface area contributed by atoms with Gasteiger partial charge >= 0.3 is 0 Å². The highest BCUT2D eigenvalue weighted by Crippen LogP contribution is 2.05. The third kappa shape index (κ3) is 2.57. The van der Waals surface area contributed by atoms with Crippen LogP contribution in [0.4, 0.5) is 0 Å². The van der Waals surface area contributed by atoms with Crippen molar-refractivity contribution in [1.82, 2.24) is 24.4 Å². The molecular formula is C11H15N5O2. The molecule has 0 atom stereocenters. The van der Waals surface area contributed by atoms with Gasteiger partial charge in [-0.15, -0.1) is 0 Å². The summed E-state index contributed by atoms with van der Waals surface area (Å²) in [5.41, 5.74) is 0. The van der Waals surface area contributed by atoms with Crippen molar-refractivity contribution in [2.45, 2.75) is 6.54 Å². The van der Waals surface area contributed by atoms with Crippen molar-refractivity contribution in [2.75, 3.05) is 13.2 Å². The molecule has 2 aromatic rings. The molecule has 0 unspecified atom stereocenters. The Bertz CT molecular complexity index is 505. The third-order valence-electron chi connectivity index (χ3n) is 2.57. The third-order valence-corrected chi connectivity index (χ3v) is 2.57. The van der Waals surface area contributed by atoms with Gasteiger partial charge in [0, 0.05) is 38.4 Å². The summed E-state index contributed by atoms with van der Waals surface area (Å²) in [5, 5.41) is 9.03. The van der Waals surface area contributed by atoms with E-state index < -0.39 is 0 Å². The van der Waals surface area contributed by atoms with E-state index in [9.17, 15) is 4.79 Å². The Balaban J connectivity index is 2.15. The molecule has 0 radical (unpaired) electrons. The maximum Gasteiger partial charge on any atom is 0.290 e. The van der Waals surface area contributed by atoms with Crippen LogP contribution in [0.1, 0.15) is 16.4 Å². The van der Waals surface area contributed by atoms with Crippen LogP contribution in [0.25, 0.3) is 0 Å². The molecule has 2 N–H and O–H groups in total. The van der Waals surface area contributed by atoms with Gasteiger partial charge in [-0.05, 0) is 0 Å². The molecule has 7 heteroatoms. The Morgan fingerprint density at radius 1 is 1.50 bits per heavy atom. The van der Waals surface area contributed by atoms with E-state index in [1.807, 2.05) is 0 Å². The zero-order valence-corrected chi connectivity index (χ0v) is 10.1. The van der Waals surface area contributed by atoms with E-state index in [0.29, 0.717) is 18.2 Å². The maximum atomic E-state index is 12.2. The Morgan fingerprint density at radius 3 is 2.89 bits per heavy atom. The van der Waals surface area contributed by atoms with E-state index in [2.05, 4.69) is 15.0 Å². The van der Waals surface area contributed by atoms with E-state index in [1.165, 1.54) is 4.90 Å². The standard InChI is InChI=1S/C11H15N5O2/c1-15-5-4-14-10(15)11(18)16(6-7-17)8-9-12-2-3-13-9/h2-5,17H,6-8H2,1H3,(H,12,13). The Morgan fingerprint density at radius 2 is 2.33 bits per heavy atom. The first-order valence-electron chi connectivity index (χ1n) is 5.58. The minimum absolute atomic E-state index is 0.100. The van der Waals surface area contributed by atoms with Gasteiger partial charge in [-0.1, -0.05) is 0 Å². The lowest BCUT2D eigenvalue weighted by molar-refractivity contribution is 0.0687. The summed E-state index contributed by atoms with van der Waals surface area (Å²) in [5.74, 6) is 0.786. The summed E-state index contributed by atoms with van der Waals surface area (Å²) in [6, 6.07) is 0. The largest absolute Gasteiger partial charge is 0.395 e. The van der Waals surface area contributed by atoms with Crippen molar-refractivity contribution in [3.05, 3.63) is 36.4 Å². The van der Waals surface area contributed by atoms with E-state index in [4.69, 9.17) is 5.11 Å². The fourth-order valence-electron chi connectivity index (χ4n) is 1.65. The summed E-state index contributed by atoms with van der Waals surface area (Å²) in [6.07, 6.45) is 6.59. The zero-order chi connectivity index (χ0) is 13.0. The number of rotatable bonds is 5. The van der Waals surface area contributed by atoms with Gasteiger partial charge in [-0.25, -0.2) is 9.97 Å². The normalized spacial score (nSPS) is 10.6. The second-order valence-corrected chi connectivity index (χ2v) is 3.85. The molecule has 0 aliphatic rings. The Labute approximate surface area is 104 Å². The number of carbonyl (C=O) groups excluding carboxylic acids is 1. The average Bonchev–Trinajstić information content (AvgIpc) is 2.99. The van der Waals surface area contributed by atoms with Gasteiger partial charge < -0.3 is 19.6 Å². The van der Waals surface area contributed by atoms with Crippen molar-refractivity contribution in [1.29, 1.82) is 0 Å². The van der Waals surface area contributed by atoms with Gasteiger partial charge in [-0.3, -0.25) is 4.79 Å². The summed E-state index contributed by atoms with van der Waals surface area (Å²) in [7, 11) is 1.75. The van der Waals surface area contributed by atoms with Crippen LogP contribution in [0, 0.1) is 0 Å². The summed E-state index contributed by atoms with van der Waals surface area (Å²) in [4.78, 5) is 24.7. The minimum atomic E-state index is -0.229. The lowest BCUT2D eigenvalue weighted by atomic mass is 10.4. The number of amides is 1. The monoisotopic (exact) mass is 249 g/mol. The number of aromatic nitrogens is 4. The van der Waals surface area contributed by atoms with Crippen molar-refractivity contribution in [3.63, 3.8) is 0 Å². The molecule has 2 rings (SSSR count). The van der Waals surface area contributed by atoms with Crippen molar-refractivity contribution in [2.24, 2.45) is 7.05 Å². The zero-order valence-electron chi connectivity index (χ0n) is 10.1. The van der Waals surface area contributed by atoms with Crippen molar-refractivity contribution in [3.8, 4) is 0 Å². The first-order valence-corrected chi connectivity index (χ1v) is 5.58. The number of hydrogen-bond donors (Lipinski definition) is 2. The molecule has 0 aromatic carbocycles. The molecular weight excluding hydrogens is 234 g/mol. The SMILES string of the molecule is Cn1ccnc1C(=O)N(CCO)Cc1ncc[nH]1. The molecule has 0 saturated carbocycles. The predicted octanol–water partition coefficient (Wildman–Crippen LogP) is -0.222. The number of H-pyrrole nitrogens is 1. The fraction of sp³-hybridized carbons (Fsp3) is 0.364. The lowest BCUT2D eigenvalue weighted by Gasteiger charge is -2.20. The number of imidazole rings is 2. The average molecular weight is 249 g/mol. The highest BCUT2D eigenvalue weighted by molar-refractivity contribution is 5.90. The highest BCUT2D eigenvalue weighted by atomic mass is 16.3. The van der Waals surface area contributed by atoms with Crippen LogP contribution in [0.5, 0.6) is 0 Å². The van der Waals surface area contributed by atoms with E-state index in [0.717, 1.165) is 0 Å². The second kappa shape index (κ2) is 5.46. The predicted molar refractivity (Wildman–Crippen MR) is 63.6 cm³/mol. The molecule has 0 aliphatic heterocycles. The quantitative estimate of drug-likeness (QED) is 0.766. The number of carbonyl (C=O) groups is 1. The molecule has 1 amide bonds. The van der Waals surface area contributed by atoms with Gasteiger partial charge in [0.1, 0.15) is 5.82 Å². The van der Waals surface area contributed by atoms with Gasteiger partial charge in [0.15, 0.2) is 5.82 Å². The van der Waals surface area contributed by atoms with E-state index >= 15 is 0 Å². The maximum absolute atomic E-state index is 12.2. The molecule has 96 valence electrons. The Kier molecular flexibility index (Phi) is 3.73. The lowest BCUT2D eigenvalue weighted by Crippen LogP contribution is -2.35. The minimum Gasteiger partial charge on any atom is -0.395 e. The van der Waals surface area contributed by atoms with Crippen molar-refractivity contribution >= 4 is 5.91 Å². The van der Waals surface area contributed by atoms with Crippen LogP contribution in [0.15, 0.2) is 24.8 Å².